The average molecular weight is 182 g/mol. The Morgan fingerprint density at radius 3 is 2.85 bits per heavy atom. The number of hydrogen-bond donors (Lipinski definition) is 0. The third-order valence-corrected chi connectivity index (χ3v) is 2.82. The van der Waals surface area contributed by atoms with Crippen LogP contribution in [0.3, 0.4) is 0 Å². The van der Waals surface area contributed by atoms with E-state index in [1.807, 2.05) is 0 Å². The van der Waals surface area contributed by atoms with E-state index in [1.54, 1.807) is 0 Å². The van der Waals surface area contributed by atoms with Crippen molar-refractivity contribution in [3.05, 3.63) is 12.2 Å². The van der Waals surface area contributed by atoms with Crippen LogP contribution in [0.4, 0.5) is 0 Å². The molecule has 0 N–H and O–H groups in total. The van der Waals surface area contributed by atoms with E-state index in [0.717, 1.165) is 32.3 Å². The van der Waals surface area contributed by atoms with E-state index in [-0.39, 0.29) is 6.29 Å². The van der Waals surface area contributed by atoms with Crippen molar-refractivity contribution >= 4 is 0 Å². The molecule has 0 aromatic carbocycles. The Kier molecular flexibility index (Phi) is 3.01. The molecule has 1 saturated heterocycles. The lowest BCUT2D eigenvalue weighted by Crippen LogP contribution is -2.26. The van der Waals surface area contributed by atoms with Crippen LogP contribution >= 0.6 is 0 Å². The molecule has 1 aliphatic carbocycles. The lowest BCUT2D eigenvalue weighted by atomic mass is 10.2. The van der Waals surface area contributed by atoms with Crippen molar-refractivity contribution in [3.8, 4) is 0 Å². The molecule has 2 heteroatoms. The van der Waals surface area contributed by atoms with E-state index >= 15 is 0 Å². The highest BCUT2D eigenvalue weighted by atomic mass is 16.7. The second kappa shape index (κ2) is 4.25. The smallest absolute Gasteiger partial charge is 0.157 e. The van der Waals surface area contributed by atoms with Gasteiger partial charge in [0.15, 0.2) is 6.29 Å². The third-order valence-electron chi connectivity index (χ3n) is 2.82. The normalized spacial score (nSPS) is 35.2. The molecule has 2 atom stereocenters. The molecular weight excluding hydrogens is 164 g/mol. The van der Waals surface area contributed by atoms with Gasteiger partial charge in [-0.2, -0.15) is 0 Å². The monoisotopic (exact) mass is 182 g/mol. The molecule has 2 aliphatic rings. The molecule has 0 aromatic heterocycles. The molecule has 0 aromatic rings. The molecule has 1 heterocycles. The van der Waals surface area contributed by atoms with Crippen LogP contribution in [0.2, 0.25) is 0 Å². The van der Waals surface area contributed by atoms with Crippen LogP contribution in [0.5, 0.6) is 0 Å². The Hall–Kier alpha value is -0.340. The summed E-state index contributed by atoms with van der Waals surface area (Å²) in [5, 5.41) is 0. The van der Waals surface area contributed by atoms with Gasteiger partial charge in [0, 0.05) is 6.61 Å². The molecule has 2 nitrogen and oxygen atoms in total. The van der Waals surface area contributed by atoms with Gasteiger partial charge < -0.3 is 9.47 Å². The quantitative estimate of drug-likeness (QED) is 0.611. The first-order valence-electron chi connectivity index (χ1n) is 5.28. The molecule has 1 unspecified atom stereocenters. The minimum atomic E-state index is 0.0737. The second-order valence-electron chi connectivity index (χ2n) is 4.05. The van der Waals surface area contributed by atoms with E-state index in [0.29, 0.717) is 6.10 Å². The zero-order valence-electron chi connectivity index (χ0n) is 8.13. The first kappa shape index (κ1) is 9.22. The molecule has 74 valence electrons. The highest BCUT2D eigenvalue weighted by Gasteiger charge is 2.23. The standard InChI is InChI=1S/C11H18O2/c1-9-5-6-10(8-9)13-11-4-2-3-7-12-11/h10-11H,1-8H2/t10-,11?/m0/s1. The molecule has 1 aliphatic heterocycles. The van der Waals surface area contributed by atoms with Gasteiger partial charge in [0.05, 0.1) is 6.10 Å². The fourth-order valence-electron chi connectivity index (χ4n) is 2.04. The topological polar surface area (TPSA) is 18.5 Å². The van der Waals surface area contributed by atoms with Crippen LogP contribution in [0, 0.1) is 0 Å². The van der Waals surface area contributed by atoms with Gasteiger partial charge in [0.2, 0.25) is 0 Å². The first-order chi connectivity index (χ1) is 6.34. The summed E-state index contributed by atoms with van der Waals surface area (Å²) in [6.07, 6.45) is 7.29. The molecule has 0 bridgehead atoms. The molecule has 0 radical (unpaired) electrons. The summed E-state index contributed by atoms with van der Waals surface area (Å²) < 4.78 is 11.4. The summed E-state index contributed by atoms with van der Waals surface area (Å²) in [4.78, 5) is 0. The molecule has 0 amide bonds. The van der Waals surface area contributed by atoms with E-state index < -0.39 is 0 Å². The van der Waals surface area contributed by atoms with Gasteiger partial charge in [-0.05, 0) is 38.5 Å². The van der Waals surface area contributed by atoms with E-state index in [4.69, 9.17) is 9.47 Å². The van der Waals surface area contributed by atoms with Crippen molar-refractivity contribution in [1.29, 1.82) is 0 Å². The maximum Gasteiger partial charge on any atom is 0.157 e. The van der Waals surface area contributed by atoms with Crippen molar-refractivity contribution in [2.24, 2.45) is 0 Å². The van der Waals surface area contributed by atoms with Crippen LogP contribution in [0.25, 0.3) is 0 Å². The van der Waals surface area contributed by atoms with Gasteiger partial charge >= 0.3 is 0 Å². The maximum atomic E-state index is 5.84. The Morgan fingerprint density at radius 2 is 2.23 bits per heavy atom. The van der Waals surface area contributed by atoms with Crippen molar-refractivity contribution in [3.63, 3.8) is 0 Å². The average Bonchev–Trinajstić information content (AvgIpc) is 2.53. The van der Waals surface area contributed by atoms with Crippen molar-refractivity contribution in [2.75, 3.05) is 6.61 Å². The predicted molar refractivity (Wildman–Crippen MR) is 51.5 cm³/mol. The summed E-state index contributed by atoms with van der Waals surface area (Å²) in [5.74, 6) is 0. The largest absolute Gasteiger partial charge is 0.353 e. The van der Waals surface area contributed by atoms with E-state index in [2.05, 4.69) is 6.58 Å². The predicted octanol–water partition coefficient (Wildman–Crippen LogP) is 2.64. The minimum absolute atomic E-state index is 0.0737. The fourth-order valence-corrected chi connectivity index (χ4v) is 2.04. The number of rotatable bonds is 2. The van der Waals surface area contributed by atoms with Gasteiger partial charge in [-0.1, -0.05) is 12.2 Å². The van der Waals surface area contributed by atoms with Gasteiger partial charge in [-0.25, -0.2) is 0 Å². The Bertz CT molecular complexity index is 183. The van der Waals surface area contributed by atoms with E-state index in [9.17, 15) is 0 Å². The Morgan fingerprint density at radius 1 is 1.31 bits per heavy atom. The van der Waals surface area contributed by atoms with Crippen LogP contribution in [0.15, 0.2) is 12.2 Å². The molecule has 1 saturated carbocycles. The van der Waals surface area contributed by atoms with Crippen LogP contribution < -0.4 is 0 Å². The van der Waals surface area contributed by atoms with Crippen molar-refractivity contribution in [2.45, 2.75) is 50.9 Å². The summed E-state index contributed by atoms with van der Waals surface area (Å²) in [6, 6.07) is 0. The van der Waals surface area contributed by atoms with Crippen LogP contribution in [-0.4, -0.2) is 19.0 Å². The Labute approximate surface area is 79.9 Å². The number of ether oxygens (including phenoxy) is 2. The SMILES string of the molecule is C=C1CC[C@H](OC2CCCCO2)C1. The molecule has 13 heavy (non-hydrogen) atoms. The second-order valence-corrected chi connectivity index (χ2v) is 4.05. The molecule has 2 rings (SSSR count). The van der Waals surface area contributed by atoms with Crippen LogP contribution in [-0.2, 0) is 9.47 Å². The van der Waals surface area contributed by atoms with Gasteiger partial charge in [-0.3, -0.25) is 0 Å². The summed E-state index contributed by atoms with van der Waals surface area (Å²) in [5.41, 5.74) is 1.33. The Balaban J connectivity index is 1.73. The highest BCUT2D eigenvalue weighted by Crippen LogP contribution is 2.28. The maximum absolute atomic E-state index is 5.84. The zero-order valence-corrected chi connectivity index (χ0v) is 8.13. The van der Waals surface area contributed by atoms with Crippen molar-refractivity contribution < 1.29 is 9.47 Å². The van der Waals surface area contributed by atoms with Crippen molar-refractivity contribution in [1.82, 2.24) is 0 Å². The summed E-state index contributed by atoms with van der Waals surface area (Å²) in [6.45, 7) is 4.85. The lowest BCUT2D eigenvalue weighted by Gasteiger charge is -2.25. The minimum Gasteiger partial charge on any atom is -0.353 e. The zero-order chi connectivity index (χ0) is 9.10. The van der Waals surface area contributed by atoms with Crippen LogP contribution in [0.1, 0.15) is 38.5 Å². The molecule has 0 spiro atoms. The van der Waals surface area contributed by atoms with Gasteiger partial charge in [-0.15, -0.1) is 0 Å². The summed E-state index contributed by atoms with van der Waals surface area (Å²) >= 11 is 0. The van der Waals surface area contributed by atoms with Gasteiger partial charge in [0.25, 0.3) is 0 Å². The number of hydrogen-bond acceptors (Lipinski definition) is 2. The first-order valence-corrected chi connectivity index (χ1v) is 5.28. The molecular formula is C11H18O2. The van der Waals surface area contributed by atoms with Gasteiger partial charge in [0.1, 0.15) is 0 Å². The molecule has 2 fully saturated rings. The van der Waals surface area contributed by atoms with E-state index in [1.165, 1.54) is 18.4 Å². The summed E-state index contributed by atoms with van der Waals surface area (Å²) in [7, 11) is 0. The lowest BCUT2D eigenvalue weighted by molar-refractivity contribution is -0.185. The highest BCUT2D eigenvalue weighted by molar-refractivity contribution is 5.02. The third kappa shape index (κ3) is 2.55. The fraction of sp³-hybridized carbons (Fsp3) is 0.818.